The van der Waals surface area contributed by atoms with Crippen LogP contribution in [0.1, 0.15) is 22.3 Å². The highest BCUT2D eigenvalue weighted by Crippen LogP contribution is 2.44. The SMILES string of the molecule is N#Cc1c(N)c([N+](=O)[O-])c(-c2ccc(Cl)cc2)c2c1CCN(Cc1ccccc1)C2. The number of anilines is 1. The maximum atomic E-state index is 12.0. The summed E-state index contributed by atoms with van der Waals surface area (Å²) in [6, 6.07) is 19.1. The molecule has 150 valence electrons. The van der Waals surface area contributed by atoms with E-state index in [4.69, 9.17) is 17.3 Å². The number of hydrogen-bond acceptors (Lipinski definition) is 5. The summed E-state index contributed by atoms with van der Waals surface area (Å²) < 4.78 is 0. The van der Waals surface area contributed by atoms with E-state index in [1.165, 1.54) is 5.56 Å². The first kappa shape index (κ1) is 19.9. The Hall–Kier alpha value is -3.40. The molecule has 0 atom stereocenters. The molecular formula is C23H19ClN4O2. The van der Waals surface area contributed by atoms with Crippen molar-refractivity contribution in [1.82, 2.24) is 4.90 Å². The van der Waals surface area contributed by atoms with Gasteiger partial charge in [0.1, 0.15) is 11.8 Å². The molecule has 0 aliphatic carbocycles. The Labute approximate surface area is 179 Å². The number of benzene rings is 3. The van der Waals surface area contributed by atoms with Crippen LogP contribution in [0.3, 0.4) is 0 Å². The van der Waals surface area contributed by atoms with Crippen LogP contribution in [0.5, 0.6) is 0 Å². The van der Waals surface area contributed by atoms with Crippen molar-refractivity contribution in [2.24, 2.45) is 0 Å². The molecule has 0 fully saturated rings. The molecule has 1 aliphatic heterocycles. The predicted octanol–water partition coefficient (Wildman–Crippen LogP) is 4.93. The smallest absolute Gasteiger partial charge is 0.301 e. The number of nitrogens with two attached hydrogens (primary N) is 1. The average Bonchev–Trinajstić information content (AvgIpc) is 2.74. The fourth-order valence-electron chi connectivity index (χ4n) is 4.10. The van der Waals surface area contributed by atoms with Gasteiger partial charge in [0, 0.05) is 24.7 Å². The molecule has 0 aromatic heterocycles. The molecule has 0 bridgehead atoms. The van der Waals surface area contributed by atoms with Crippen molar-refractivity contribution in [3.63, 3.8) is 0 Å². The quantitative estimate of drug-likeness (QED) is 0.368. The molecule has 0 radical (unpaired) electrons. The lowest BCUT2D eigenvalue weighted by Gasteiger charge is -2.31. The Morgan fingerprint density at radius 1 is 1.13 bits per heavy atom. The first-order valence-corrected chi connectivity index (χ1v) is 9.91. The number of nitriles is 1. The molecule has 30 heavy (non-hydrogen) atoms. The zero-order valence-electron chi connectivity index (χ0n) is 16.1. The summed E-state index contributed by atoms with van der Waals surface area (Å²) in [5.41, 5.74) is 9.97. The van der Waals surface area contributed by atoms with Crippen LogP contribution in [0.4, 0.5) is 11.4 Å². The first-order valence-electron chi connectivity index (χ1n) is 9.53. The minimum atomic E-state index is -0.490. The van der Waals surface area contributed by atoms with E-state index in [0.29, 0.717) is 29.1 Å². The maximum absolute atomic E-state index is 12.0. The summed E-state index contributed by atoms with van der Waals surface area (Å²) in [5, 5.41) is 22.2. The minimum absolute atomic E-state index is 0.0669. The number of nitro groups is 1. The summed E-state index contributed by atoms with van der Waals surface area (Å²) in [5.74, 6) is 0. The molecule has 6 nitrogen and oxygen atoms in total. The summed E-state index contributed by atoms with van der Waals surface area (Å²) in [6.45, 7) is 1.96. The van der Waals surface area contributed by atoms with Crippen LogP contribution in [-0.2, 0) is 19.5 Å². The second kappa shape index (κ2) is 8.15. The van der Waals surface area contributed by atoms with Crippen molar-refractivity contribution in [2.45, 2.75) is 19.5 Å². The van der Waals surface area contributed by atoms with Crippen LogP contribution in [-0.4, -0.2) is 16.4 Å². The third-order valence-corrected chi connectivity index (χ3v) is 5.72. The summed E-state index contributed by atoms with van der Waals surface area (Å²) in [6.07, 6.45) is 0.605. The van der Waals surface area contributed by atoms with Crippen molar-refractivity contribution >= 4 is 23.0 Å². The van der Waals surface area contributed by atoms with Gasteiger partial charge in [-0.3, -0.25) is 15.0 Å². The van der Waals surface area contributed by atoms with E-state index in [-0.39, 0.29) is 16.9 Å². The monoisotopic (exact) mass is 418 g/mol. The molecule has 0 saturated carbocycles. The molecule has 0 amide bonds. The summed E-state index contributed by atoms with van der Waals surface area (Å²) in [7, 11) is 0. The summed E-state index contributed by atoms with van der Waals surface area (Å²) in [4.78, 5) is 13.7. The zero-order chi connectivity index (χ0) is 21.3. The zero-order valence-corrected chi connectivity index (χ0v) is 16.9. The minimum Gasteiger partial charge on any atom is -0.392 e. The van der Waals surface area contributed by atoms with Crippen molar-refractivity contribution in [3.8, 4) is 17.2 Å². The Morgan fingerprint density at radius 2 is 1.83 bits per heavy atom. The molecule has 0 saturated heterocycles. The van der Waals surface area contributed by atoms with Gasteiger partial charge in [-0.05, 0) is 40.8 Å². The molecule has 4 rings (SSSR count). The fraction of sp³-hybridized carbons (Fsp3) is 0.174. The number of hydrogen-bond donors (Lipinski definition) is 1. The van der Waals surface area contributed by atoms with Crippen molar-refractivity contribution in [1.29, 1.82) is 5.26 Å². The van der Waals surface area contributed by atoms with Gasteiger partial charge in [-0.25, -0.2) is 0 Å². The fourth-order valence-corrected chi connectivity index (χ4v) is 4.23. The normalized spacial score (nSPS) is 13.5. The van der Waals surface area contributed by atoms with E-state index in [0.717, 1.165) is 24.2 Å². The van der Waals surface area contributed by atoms with Gasteiger partial charge in [-0.1, -0.05) is 54.1 Å². The van der Waals surface area contributed by atoms with E-state index in [1.807, 2.05) is 18.2 Å². The van der Waals surface area contributed by atoms with E-state index in [2.05, 4.69) is 23.1 Å². The van der Waals surface area contributed by atoms with Crippen LogP contribution in [0.2, 0.25) is 5.02 Å². The van der Waals surface area contributed by atoms with Crippen LogP contribution in [0.15, 0.2) is 54.6 Å². The molecule has 1 heterocycles. The van der Waals surface area contributed by atoms with Gasteiger partial charge in [0.15, 0.2) is 0 Å². The van der Waals surface area contributed by atoms with Crippen LogP contribution in [0.25, 0.3) is 11.1 Å². The van der Waals surface area contributed by atoms with Crippen LogP contribution >= 0.6 is 11.6 Å². The maximum Gasteiger partial charge on any atom is 0.301 e. The van der Waals surface area contributed by atoms with E-state index in [9.17, 15) is 15.4 Å². The van der Waals surface area contributed by atoms with Gasteiger partial charge >= 0.3 is 5.69 Å². The third kappa shape index (κ3) is 3.61. The van der Waals surface area contributed by atoms with Crippen molar-refractivity contribution in [3.05, 3.63) is 92.0 Å². The standard InChI is InChI=1S/C23H19ClN4O2/c24-17-8-6-16(7-9-17)21-20-14-27(13-15-4-2-1-3-5-15)11-10-18(20)19(12-25)22(26)23(21)28(29)30/h1-9H,10-11,13-14,26H2. The number of nitrogen functional groups attached to an aromatic ring is 1. The number of fused-ring (bicyclic) bond motifs is 1. The molecular weight excluding hydrogens is 400 g/mol. The largest absolute Gasteiger partial charge is 0.392 e. The lowest BCUT2D eigenvalue weighted by molar-refractivity contribution is -0.383. The lowest BCUT2D eigenvalue weighted by Crippen LogP contribution is -2.31. The van der Waals surface area contributed by atoms with E-state index >= 15 is 0 Å². The Morgan fingerprint density at radius 3 is 2.47 bits per heavy atom. The molecule has 2 N–H and O–H groups in total. The van der Waals surface area contributed by atoms with Gasteiger partial charge in [0.25, 0.3) is 0 Å². The Balaban J connectivity index is 1.89. The lowest BCUT2D eigenvalue weighted by atomic mass is 9.85. The van der Waals surface area contributed by atoms with Crippen molar-refractivity contribution in [2.75, 3.05) is 12.3 Å². The van der Waals surface area contributed by atoms with Gasteiger partial charge in [-0.2, -0.15) is 5.26 Å². The Bertz CT molecular complexity index is 1150. The highest BCUT2D eigenvalue weighted by atomic mass is 35.5. The molecule has 1 aliphatic rings. The van der Waals surface area contributed by atoms with Gasteiger partial charge in [0.05, 0.1) is 16.1 Å². The van der Waals surface area contributed by atoms with E-state index < -0.39 is 4.92 Å². The molecule has 3 aromatic carbocycles. The average molecular weight is 419 g/mol. The number of nitro benzene ring substituents is 1. The van der Waals surface area contributed by atoms with Gasteiger partial charge < -0.3 is 5.73 Å². The first-order chi connectivity index (χ1) is 14.5. The topological polar surface area (TPSA) is 96.2 Å². The third-order valence-electron chi connectivity index (χ3n) is 5.47. The summed E-state index contributed by atoms with van der Waals surface area (Å²) >= 11 is 6.03. The molecule has 3 aromatic rings. The highest BCUT2D eigenvalue weighted by Gasteiger charge is 2.33. The van der Waals surface area contributed by atoms with Crippen molar-refractivity contribution < 1.29 is 4.92 Å². The predicted molar refractivity (Wildman–Crippen MR) is 117 cm³/mol. The second-order valence-electron chi connectivity index (χ2n) is 7.29. The van der Waals surface area contributed by atoms with E-state index in [1.54, 1.807) is 24.3 Å². The van der Waals surface area contributed by atoms with Crippen LogP contribution in [0, 0.1) is 21.4 Å². The molecule has 7 heteroatoms. The van der Waals surface area contributed by atoms with Crippen LogP contribution < -0.4 is 5.73 Å². The van der Waals surface area contributed by atoms with Gasteiger partial charge in [0.2, 0.25) is 0 Å². The number of rotatable bonds is 4. The molecule has 0 unspecified atom stereocenters. The number of halogens is 1. The molecule has 0 spiro atoms. The van der Waals surface area contributed by atoms with Gasteiger partial charge in [-0.15, -0.1) is 0 Å². The highest BCUT2D eigenvalue weighted by molar-refractivity contribution is 6.30. The second-order valence-corrected chi connectivity index (χ2v) is 7.73. The number of nitrogens with zero attached hydrogens (tertiary/aromatic N) is 3. The Kier molecular flexibility index (Phi) is 5.40.